The molecule has 0 amide bonds. The lowest BCUT2D eigenvalue weighted by Gasteiger charge is -2.13. The van der Waals surface area contributed by atoms with E-state index in [2.05, 4.69) is 15.2 Å². The number of carbonyl (C=O) groups excluding carboxylic acids is 1. The summed E-state index contributed by atoms with van der Waals surface area (Å²) >= 11 is 7.77. The van der Waals surface area contributed by atoms with Gasteiger partial charge in [-0.3, -0.25) is 9.55 Å². The molecule has 0 aliphatic carbocycles. The number of carbonyl (C=O) groups is 1. The van der Waals surface area contributed by atoms with Crippen molar-refractivity contribution in [1.82, 2.24) is 19.7 Å². The zero-order valence-electron chi connectivity index (χ0n) is 16.2. The summed E-state index contributed by atoms with van der Waals surface area (Å²) in [6.07, 6.45) is 4.88. The van der Waals surface area contributed by atoms with Crippen molar-refractivity contribution in [2.75, 3.05) is 7.11 Å². The Morgan fingerprint density at radius 3 is 2.77 bits per heavy atom. The lowest BCUT2D eigenvalue weighted by atomic mass is 10.2. The van der Waals surface area contributed by atoms with Crippen LogP contribution in [0.5, 0.6) is 0 Å². The van der Waals surface area contributed by atoms with Gasteiger partial charge in [0.25, 0.3) is 0 Å². The summed E-state index contributed by atoms with van der Waals surface area (Å²) in [6.45, 7) is 1.95. The molecule has 0 N–H and O–H groups in total. The zero-order valence-corrected chi connectivity index (χ0v) is 17.8. The number of hydrogen-bond acceptors (Lipinski definition) is 7. The Balaban J connectivity index is 1.76. The van der Waals surface area contributed by atoms with E-state index in [0.717, 1.165) is 16.8 Å². The number of methoxy groups -OCH3 is 1. The first-order valence-electron chi connectivity index (χ1n) is 8.99. The number of ether oxygens (including phenoxy) is 1. The highest BCUT2D eigenvalue weighted by molar-refractivity contribution is 7.98. The van der Waals surface area contributed by atoms with Gasteiger partial charge in [0.1, 0.15) is 11.3 Å². The van der Waals surface area contributed by atoms with Crippen LogP contribution in [0.25, 0.3) is 17.1 Å². The largest absolute Gasteiger partial charge is 0.468 e. The zero-order chi connectivity index (χ0) is 21.1. The molecule has 0 aliphatic rings. The Bertz CT molecular complexity index is 1190. The Hall–Kier alpha value is -3.10. The molecule has 30 heavy (non-hydrogen) atoms. The molecule has 3 heterocycles. The number of hydrogen-bond donors (Lipinski definition) is 0. The Kier molecular flexibility index (Phi) is 5.87. The number of thioether (sulfide) groups is 1. The molecular formula is C21H17ClN4O3S. The van der Waals surface area contributed by atoms with Crippen LogP contribution < -0.4 is 0 Å². The van der Waals surface area contributed by atoms with Crippen molar-refractivity contribution >= 4 is 29.3 Å². The van der Waals surface area contributed by atoms with Crippen LogP contribution in [0, 0.1) is 6.92 Å². The van der Waals surface area contributed by atoms with Crippen molar-refractivity contribution in [3.8, 4) is 17.1 Å². The van der Waals surface area contributed by atoms with Crippen molar-refractivity contribution in [2.45, 2.75) is 17.8 Å². The molecule has 0 spiro atoms. The van der Waals surface area contributed by atoms with Gasteiger partial charge < -0.3 is 9.15 Å². The topological polar surface area (TPSA) is 83.0 Å². The van der Waals surface area contributed by atoms with Crippen LogP contribution in [-0.4, -0.2) is 32.8 Å². The van der Waals surface area contributed by atoms with Gasteiger partial charge in [0.05, 0.1) is 24.8 Å². The van der Waals surface area contributed by atoms with E-state index in [0.29, 0.717) is 33.1 Å². The third kappa shape index (κ3) is 3.83. The van der Waals surface area contributed by atoms with Gasteiger partial charge in [-0.05, 0) is 42.8 Å². The third-order valence-corrected chi connectivity index (χ3v) is 5.87. The van der Waals surface area contributed by atoms with Gasteiger partial charge in [0.2, 0.25) is 0 Å². The van der Waals surface area contributed by atoms with Crippen molar-refractivity contribution in [3.05, 3.63) is 77.0 Å². The van der Waals surface area contributed by atoms with Crippen LogP contribution in [-0.2, 0) is 10.5 Å². The average molecular weight is 441 g/mol. The number of aromatic nitrogens is 4. The second-order valence-electron chi connectivity index (χ2n) is 6.30. The van der Waals surface area contributed by atoms with Crippen LogP contribution in [0.1, 0.15) is 21.7 Å². The molecule has 0 fully saturated rings. The molecular weight excluding hydrogens is 424 g/mol. The molecule has 0 saturated heterocycles. The van der Waals surface area contributed by atoms with E-state index in [4.69, 9.17) is 20.8 Å². The number of rotatable bonds is 6. The van der Waals surface area contributed by atoms with Crippen molar-refractivity contribution in [3.63, 3.8) is 0 Å². The SMILES string of the molecule is COC(=O)c1ccoc1CSc1nnc(-c2ccncc2)n1-c1cccc(Cl)c1C. The normalized spacial score (nSPS) is 10.9. The average Bonchev–Trinajstić information content (AvgIpc) is 3.41. The summed E-state index contributed by atoms with van der Waals surface area (Å²) in [5.41, 5.74) is 3.04. The van der Waals surface area contributed by atoms with Crippen LogP contribution >= 0.6 is 23.4 Å². The molecule has 0 radical (unpaired) electrons. The molecule has 0 aliphatic heterocycles. The fraction of sp³-hybridized carbons (Fsp3) is 0.143. The second kappa shape index (κ2) is 8.73. The maximum absolute atomic E-state index is 11.9. The summed E-state index contributed by atoms with van der Waals surface area (Å²) in [7, 11) is 1.34. The summed E-state index contributed by atoms with van der Waals surface area (Å²) < 4.78 is 12.2. The molecule has 0 atom stereocenters. The number of nitrogens with zero attached hydrogens (tertiary/aromatic N) is 4. The molecule has 0 unspecified atom stereocenters. The van der Waals surface area contributed by atoms with Crippen LogP contribution in [0.4, 0.5) is 0 Å². The summed E-state index contributed by atoms with van der Waals surface area (Å²) in [4.78, 5) is 16.0. The van der Waals surface area contributed by atoms with Gasteiger partial charge in [-0.2, -0.15) is 0 Å². The Morgan fingerprint density at radius 2 is 2.00 bits per heavy atom. The molecule has 4 aromatic rings. The summed E-state index contributed by atoms with van der Waals surface area (Å²) in [5.74, 6) is 1.11. The van der Waals surface area contributed by atoms with Gasteiger partial charge in [0.15, 0.2) is 11.0 Å². The van der Waals surface area contributed by atoms with Gasteiger partial charge in [-0.1, -0.05) is 29.4 Å². The molecule has 0 saturated carbocycles. The number of pyridine rings is 1. The monoisotopic (exact) mass is 440 g/mol. The van der Waals surface area contributed by atoms with Gasteiger partial charge in [-0.15, -0.1) is 10.2 Å². The van der Waals surface area contributed by atoms with Crippen LogP contribution in [0.2, 0.25) is 5.02 Å². The summed E-state index contributed by atoms with van der Waals surface area (Å²) in [6, 6.07) is 11.0. The Morgan fingerprint density at radius 1 is 1.20 bits per heavy atom. The Labute approximate surface area is 182 Å². The highest BCUT2D eigenvalue weighted by Gasteiger charge is 2.21. The van der Waals surface area contributed by atoms with E-state index in [-0.39, 0.29) is 0 Å². The van der Waals surface area contributed by atoms with Gasteiger partial charge in [0, 0.05) is 23.0 Å². The highest BCUT2D eigenvalue weighted by Crippen LogP contribution is 2.33. The van der Waals surface area contributed by atoms with Gasteiger partial charge in [-0.25, -0.2) is 4.79 Å². The van der Waals surface area contributed by atoms with E-state index in [1.165, 1.54) is 25.1 Å². The van der Waals surface area contributed by atoms with Crippen molar-refractivity contribution in [1.29, 1.82) is 0 Å². The minimum absolute atomic E-state index is 0.380. The molecule has 9 heteroatoms. The lowest BCUT2D eigenvalue weighted by Crippen LogP contribution is -2.04. The fourth-order valence-corrected chi connectivity index (χ4v) is 4.05. The van der Waals surface area contributed by atoms with Crippen LogP contribution in [0.15, 0.2) is 64.6 Å². The second-order valence-corrected chi connectivity index (χ2v) is 7.65. The smallest absolute Gasteiger partial charge is 0.341 e. The molecule has 7 nitrogen and oxygen atoms in total. The molecule has 0 bridgehead atoms. The first-order chi connectivity index (χ1) is 14.6. The molecule has 3 aromatic heterocycles. The van der Waals surface area contributed by atoms with Crippen molar-refractivity contribution < 1.29 is 13.9 Å². The third-order valence-electron chi connectivity index (χ3n) is 4.53. The van der Waals surface area contributed by atoms with E-state index in [1.807, 2.05) is 41.8 Å². The first-order valence-corrected chi connectivity index (χ1v) is 10.3. The molecule has 152 valence electrons. The van der Waals surface area contributed by atoms with E-state index in [1.54, 1.807) is 18.5 Å². The lowest BCUT2D eigenvalue weighted by molar-refractivity contribution is 0.0598. The van der Waals surface area contributed by atoms with E-state index >= 15 is 0 Å². The number of halogens is 1. The predicted octanol–water partition coefficient (Wildman–Crippen LogP) is 4.96. The number of esters is 1. The summed E-state index contributed by atoms with van der Waals surface area (Å²) in [5, 5.41) is 10.1. The maximum Gasteiger partial charge on any atom is 0.341 e. The maximum atomic E-state index is 11.9. The predicted molar refractivity (Wildman–Crippen MR) is 114 cm³/mol. The van der Waals surface area contributed by atoms with Crippen LogP contribution in [0.3, 0.4) is 0 Å². The van der Waals surface area contributed by atoms with E-state index < -0.39 is 5.97 Å². The minimum Gasteiger partial charge on any atom is -0.468 e. The van der Waals surface area contributed by atoms with Crippen molar-refractivity contribution in [2.24, 2.45) is 0 Å². The molecule has 1 aromatic carbocycles. The standard InChI is InChI=1S/C21H17ClN4O3S/c1-13-16(22)4-3-5-17(13)26-19(14-6-9-23-10-7-14)24-25-21(26)30-12-18-15(8-11-29-18)20(27)28-2/h3-11H,12H2,1-2H3. The fourth-order valence-electron chi connectivity index (χ4n) is 2.98. The first kappa shape index (κ1) is 20.2. The number of furan rings is 1. The van der Waals surface area contributed by atoms with E-state index in [9.17, 15) is 4.79 Å². The number of benzene rings is 1. The minimum atomic E-state index is -0.441. The quantitative estimate of drug-likeness (QED) is 0.309. The molecule has 4 rings (SSSR count). The van der Waals surface area contributed by atoms with Gasteiger partial charge >= 0.3 is 5.97 Å². The highest BCUT2D eigenvalue weighted by atomic mass is 35.5.